The molecular formula is C7H14N4O2S. The van der Waals surface area contributed by atoms with Crippen LogP contribution in [0.1, 0.15) is 20.8 Å². The minimum absolute atomic E-state index is 0.196. The Morgan fingerprint density at radius 2 is 1.86 bits per heavy atom. The number of aliphatic imine (C=N–C) groups is 1. The molecule has 0 radical (unpaired) electrons. The third-order valence-corrected chi connectivity index (χ3v) is 1.41. The fourth-order valence-corrected chi connectivity index (χ4v) is 0.985. The van der Waals surface area contributed by atoms with Crippen LogP contribution in [-0.4, -0.2) is 32.7 Å². The molecule has 80 valence electrons. The average Bonchev–Trinajstić information content (AvgIpc) is 1.78. The predicted molar refractivity (Wildman–Crippen MR) is 58.0 cm³/mol. The van der Waals surface area contributed by atoms with Crippen molar-refractivity contribution >= 4 is 29.4 Å². The van der Waals surface area contributed by atoms with Gasteiger partial charge in [0.15, 0.2) is 5.11 Å². The van der Waals surface area contributed by atoms with Crippen molar-refractivity contribution in [2.24, 2.45) is 16.5 Å². The Labute approximate surface area is 87.6 Å². The first-order chi connectivity index (χ1) is 6.16. The van der Waals surface area contributed by atoms with E-state index in [-0.39, 0.29) is 11.1 Å². The quantitative estimate of drug-likeness (QED) is 0.308. The summed E-state index contributed by atoms with van der Waals surface area (Å²) in [6.45, 7) is 5.05. The molecule has 0 aliphatic carbocycles. The minimum atomic E-state index is -1.20. The summed E-state index contributed by atoms with van der Waals surface area (Å²) >= 11 is 4.49. The summed E-state index contributed by atoms with van der Waals surface area (Å²) in [7, 11) is 0. The molecule has 0 saturated carbocycles. The topological polar surface area (TPSA) is 105 Å². The third-order valence-electron chi connectivity index (χ3n) is 1.32. The lowest BCUT2D eigenvalue weighted by Crippen LogP contribution is -2.52. The first-order valence-corrected chi connectivity index (χ1v) is 4.24. The van der Waals surface area contributed by atoms with Gasteiger partial charge in [-0.2, -0.15) is 4.99 Å². The first kappa shape index (κ1) is 12.6. The lowest BCUT2D eigenvalue weighted by atomic mass is 10.1. The smallest absolute Gasteiger partial charge is 0.414 e. The van der Waals surface area contributed by atoms with Gasteiger partial charge in [-0.05, 0) is 33.0 Å². The molecule has 1 amide bonds. The molecule has 0 aromatic heterocycles. The minimum Gasteiger partial charge on any atom is -0.465 e. The highest BCUT2D eigenvalue weighted by Crippen LogP contribution is 2.12. The second-order valence-electron chi connectivity index (χ2n) is 3.60. The van der Waals surface area contributed by atoms with Crippen LogP contribution in [0.25, 0.3) is 0 Å². The van der Waals surface area contributed by atoms with E-state index in [1.165, 1.54) is 0 Å². The Morgan fingerprint density at radius 1 is 1.43 bits per heavy atom. The molecular weight excluding hydrogens is 204 g/mol. The molecule has 14 heavy (non-hydrogen) atoms. The third kappa shape index (κ3) is 3.56. The maximum Gasteiger partial charge on any atom is 0.414 e. The molecule has 0 aromatic carbocycles. The molecule has 5 N–H and O–H groups in total. The van der Waals surface area contributed by atoms with E-state index in [9.17, 15) is 4.79 Å². The lowest BCUT2D eigenvalue weighted by molar-refractivity contribution is 0.140. The van der Waals surface area contributed by atoms with Crippen LogP contribution >= 0.6 is 12.2 Å². The van der Waals surface area contributed by atoms with Crippen LogP contribution in [0.3, 0.4) is 0 Å². The molecule has 0 fully saturated rings. The van der Waals surface area contributed by atoms with Crippen LogP contribution in [0.2, 0.25) is 0 Å². The number of guanidine groups is 1. The van der Waals surface area contributed by atoms with Crippen molar-refractivity contribution in [3.63, 3.8) is 0 Å². The van der Waals surface area contributed by atoms with Gasteiger partial charge in [-0.15, -0.1) is 0 Å². The summed E-state index contributed by atoms with van der Waals surface area (Å²) in [6, 6.07) is 0. The number of carbonyl (C=O) groups is 1. The highest BCUT2D eigenvalue weighted by molar-refractivity contribution is 7.80. The first-order valence-electron chi connectivity index (χ1n) is 3.83. The van der Waals surface area contributed by atoms with Crippen LogP contribution in [0.15, 0.2) is 4.99 Å². The second-order valence-corrected chi connectivity index (χ2v) is 4.02. The second kappa shape index (κ2) is 4.23. The highest BCUT2D eigenvalue weighted by atomic mass is 32.1. The zero-order valence-corrected chi connectivity index (χ0v) is 9.13. The van der Waals surface area contributed by atoms with E-state index in [2.05, 4.69) is 17.2 Å². The maximum atomic E-state index is 10.9. The fraction of sp³-hybridized carbons (Fsp3) is 0.571. The fourth-order valence-electron chi connectivity index (χ4n) is 0.891. The molecule has 0 spiro atoms. The molecule has 0 bridgehead atoms. The maximum absolute atomic E-state index is 10.9. The predicted octanol–water partition coefficient (Wildman–Crippen LogP) is 0.323. The Balaban J connectivity index is 5.05. The van der Waals surface area contributed by atoms with E-state index in [1.54, 1.807) is 20.8 Å². The molecule has 0 rings (SSSR count). The van der Waals surface area contributed by atoms with E-state index in [1.807, 2.05) is 0 Å². The van der Waals surface area contributed by atoms with Crippen LogP contribution in [0, 0.1) is 0 Å². The summed E-state index contributed by atoms with van der Waals surface area (Å²) < 4.78 is 0. The van der Waals surface area contributed by atoms with Crippen molar-refractivity contribution in [3.8, 4) is 0 Å². The Kier molecular flexibility index (Phi) is 3.81. The molecule has 0 heterocycles. The Hall–Kier alpha value is -1.37. The van der Waals surface area contributed by atoms with Crippen molar-refractivity contribution in [1.82, 2.24) is 4.90 Å². The highest BCUT2D eigenvalue weighted by Gasteiger charge is 2.29. The van der Waals surface area contributed by atoms with Gasteiger partial charge in [-0.25, -0.2) is 9.69 Å². The number of carboxylic acid groups (broad SMARTS) is 1. The normalized spacial score (nSPS) is 12.4. The van der Waals surface area contributed by atoms with Gasteiger partial charge in [0, 0.05) is 5.54 Å². The Morgan fingerprint density at radius 3 is 2.07 bits per heavy atom. The summed E-state index contributed by atoms with van der Waals surface area (Å²) in [5.41, 5.74) is 9.86. The molecule has 0 aliphatic rings. The standard InChI is InChI=1S/C7H14N4O2S/c1-7(2,3)11(6(12)13)4(8)10-5(9)14/h1-3H3,(H,12,13)(H4,8,9,10,14). The lowest BCUT2D eigenvalue weighted by Gasteiger charge is -2.31. The van der Waals surface area contributed by atoms with Gasteiger partial charge in [0.25, 0.3) is 0 Å². The number of hydrogen-bond donors (Lipinski definition) is 3. The summed E-state index contributed by atoms with van der Waals surface area (Å²) in [5, 5.41) is 8.68. The van der Waals surface area contributed by atoms with Gasteiger partial charge in [0.1, 0.15) is 0 Å². The van der Waals surface area contributed by atoms with Crippen molar-refractivity contribution < 1.29 is 9.90 Å². The SMILES string of the molecule is CC(C)(C)N(C(=O)O)C(N)=NC(N)=S. The summed E-state index contributed by atoms with van der Waals surface area (Å²) in [4.78, 5) is 15.3. The van der Waals surface area contributed by atoms with E-state index in [0.717, 1.165) is 4.90 Å². The van der Waals surface area contributed by atoms with Gasteiger partial charge in [0.05, 0.1) is 0 Å². The monoisotopic (exact) mass is 218 g/mol. The van der Waals surface area contributed by atoms with Crippen molar-refractivity contribution in [1.29, 1.82) is 0 Å². The van der Waals surface area contributed by atoms with Crippen LogP contribution in [-0.2, 0) is 0 Å². The number of nitrogens with two attached hydrogens (primary N) is 2. The molecule has 0 unspecified atom stereocenters. The summed E-state index contributed by atoms with van der Waals surface area (Å²) in [6.07, 6.45) is -1.20. The van der Waals surface area contributed by atoms with E-state index < -0.39 is 11.6 Å². The molecule has 0 aliphatic heterocycles. The van der Waals surface area contributed by atoms with Gasteiger partial charge in [0.2, 0.25) is 5.96 Å². The van der Waals surface area contributed by atoms with E-state index >= 15 is 0 Å². The van der Waals surface area contributed by atoms with Crippen molar-refractivity contribution in [3.05, 3.63) is 0 Å². The number of rotatable bonds is 0. The number of hydrogen-bond acceptors (Lipinski definition) is 2. The van der Waals surface area contributed by atoms with E-state index in [4.69, 9.17) is 16.6 Å². The van der Waals surface area contributed by atoms with Gasteiger partial charge in [-0.1, -0.05) is 0 Å². The van der Waals surface area contributed by atoms with Gasteiger partial charge >= 0.3 is 6.09 Å². The molecule has 0 atom stereocenters. The van der Waals surface area contributed by atoms with Crippen molar-refractivity contribution in [2.45, 2.75) is 26.3 Å². The van der Waals surface area contributed by atoms with Crippen LogP contribution < -0.4 is 11.5 Å². The number of nitrogens with zero attached hydrogens (tertiary/aromatic N) is 2. The Bertz CT molecular complexity index is 282. The molecule has 0 saturated heterocycles. The van der Waals surface area contributed by atoms with Crippen LogP contribution in [0.4, 0.5) is 4.79 Å². The number of thiocarbonyl (C=S) groups is 1. The molecule has 7 heteroatoms. The van der Waals surface area contributed by atoms with Crippen molar-refractivity contribution in [2.75, 3.05) is 0 Å². The largest absolute Gasteiger partial charge is 0.465 e. The average molecular weight is 218 g/mol. The van der Waals surface area contributed by atoms with Crippen LogP contribution in [0.5, 0.6) is 0 Å². The molecule has 0 aromatic rings. The van der Waals surface area contributed by atoms with Gasteiger partial charge in [-0.3, -0.25) is 0 Å². The molecule has 6 nitrogen and oxygen atoms in total. The van der Waals surface area contributed by atoms with E-state index in [0.29, 0.717) is 0 Å². The zero-order chi connectivity index (χ0) is 11.5. The zero-order valence-electron chi connectivity index (χ0n) is 8.31. The van der Waals surface area contributed by atoms with Gasteiger partial charge < -0.3 is 16.6 Å². The summed E-state index contributed by atoms with van der Waals surface area (Å²) in [5.74, 6) is -0.225. The number of amides is 1.